The second-order valence-corrected chi connectivity index (χ2v) is 7.60. The third-order valence-electron chi connectivity index (χ3n) is 5.45. The Bertz CT molecular complexity index is 1320. The summed E-state index contributed by atoms with van der Waals surface area (Å²) in [4.78, 5) is 21.3. The van der Waals surface area contributed by atoms with Crippen molar-refractivity contribution in [2.75, 3.05) is 11.9 Å². The minimum atomic E-state index is -0.524. The van der Waals surface area contributed by atoms with E-state index in [1.54, 1.807) is 29.1 Å². The van der Waals surface area contributed by atoms with E-state index in [2.05, 4.69) is 10.4 Å². The number of amides is 1. The first kappa shape index (κ1) is 20.1. The topological polar surface area (TPSA) is 108 Å². The van der Waals surface area contributed by atoms with Gasteiger partial charge in [0.15, 0.2) is 0 Å². The number of aromatic nitrogens is 4. The number of hydrogen-bond donors (Lipinski definition) is 2. The van der Waals surface area contributed by atoms with Crippen LogP contribution in [-0.4, -0.2) is 32.3 Å². The Balaban J connectivity index is 1.58. The summed E-state index contributed by atoms with van der Waals surface area (Å²) in [6, 6.07) is 11.7. The molecule has 0 spiro atoms. The lowest BCUT2D eigenvalue weighted by Crippen LogP contribution is -2.14. The molecular formula is C23H21FN6O2. The van der Waals surface area contributed by atoms with E-state index in [0.29, 0.717) is 48.0 Å². The largest absolute Gasteiger partial charge is 0.375 e. The zero-order chi connectivity index (χ0) is 22.1. The van der Waals surface area contributed by atoms with Crippen molar-refractivity contribution >= 4 is 22.6 Å². The molecule has 0 unspecified atom stereocenters. The van der Waals surface area contributed by atoms with Crippen molar-refractivity contribution in [3.8, 4) is 5.95 Å². The highest BCUT2D eigenvalue weighted by atomic mass is 19.1. The second-order valence-electron chi connectivity index (χ2n) is 7.60. The van der Waals surface area contributed by atoms with E-state index in [9.17, 15) is 9.18 Å². The summed E-state index contributed by atoms with van der Waals surface area (Å²) in [5.41, 5.74) is 9.13. The molecule has 0 bridgehead atoms. The number of benzene rings is 2. The van der Waals surface area contributed by atoms with Gasteiger partial charge >= 0.3 is 0 Å². The van der Waals surface area contributed by atoms with E-state index in [-0.39, 0.29) is 5.82 Å². The quantitative estimate of drug-likeness (QED) is 0.502. The highest BCUT2D eigenvalue weighted by molar-refractivity contribution is 6.05. The van der Waals surface area contributed by atoms with Crippen LogP contribution in [0.25, 0.3) is 16.9 Å². The van der Waals surface area contributed by atoms with E-state index in [1.165, 1.54) is 12.1 Å². The predicted molar refractivity (Wildman–Crippen MR) is 117 cm³/mol. The van der Waals surface area contributed by atoms with Gasteiger partial charge in [-0.05, 0) is 42.7 Å². The third kappa shape index (κ3) is 3.78. The fourth-order valence-electron chi connectivity index (χ4n) is 3.92. The van der Waals surface area contributed by atoms with E-state index < -0.39 is 5.91 Å². The van der Waals surface area contributed by atoms with Crippen molar-refractivity contribution in [3.63, 3.8) is 0 Å². The molecule has 8 nitrogen and oxygen atoms in total. The SMILES string of the molecule is NC(=O)c1cccc2c1cnn2-c1nc2c(c(NCc3cccc(F)c3)n1)CCCOC2. The summed E-state index contributed by atoms with van der Waals surface area (Å²) in [5.74, 6) is 0.207. The summed E-state index contributed by atoms with van der Waals surface area (Å²) in [7, 11) is 0. The molecule has 32 heavy (non-hydrogen) atoms. The number of rotatable bonds is 5. The maximum atomic E-state index is 13.6. The van der Waals surface area contributed by atoms with Crippen LogP contribution >= 0.6 is 0 Å². The van der Waals surface area contributed by atoms with Crippen LogP contribution in [0.2, 0.25) is 0 Å². The highest BCUT2D eigenvalue weighted by Crippen LogP contribution is 2.26. The van der Waals surface area contributed by atoms with Gasteiger partial charge < -0.3 is 15.8 Å². The Morgan fingerprint density at radius 3 is 2.94 bits per heavy atom. The van der Waals surface area contributed by atoms with Crippen molar-refractivity contribution in [2.24, 2.45) is 5.73 Å². The predicted octanol–water partition coefficient (Wildman–Crippen LogP) is 3.13. The number of nitrogens with two attached hydrogens (primary N) is 1. The van der Waals surface area contributed by atoms with Gasteiger partial charge in [0.1, 0.15) is 11.6 Å². The Hall–Kier alpha value is -3.85. The summed E-state index contributed by atoms with van der Waals surface area (Å²) >= 11 is 0. The normalized spacial score (nSPS) is 13.5. The molecule has 4 aromatic rings. The van der Waals surface area contributed by atoms with Gasteiger partial charge in [-0.1, -0.05) is 18.2 Å². The van der Waals surface area contributed by atoms with E-state index >= 15 is 0 Å². The minimum absolute atomic E-state index is 0.284. The van der Waals surface area contributed by atoms with Crippen molar-refractivity contribution < 1.29 is 13.9 Å². The smallest absolute Gasteiger partial charge is 0.253 e. The maximum Gasteiger partial charge on any atom is 0.253 e. The fraction of sp³-hybridized carbons (Fsp3) is 0.217. The van der Waals surface area contributed by atoms with Crippen LogP contribution < -0.4 is 11.1 Å². The van der Waals surface area contributed by atoms with Crippen LogP contribution in [-0.2, 0) is 24.3 Å². The fourth-order valence-corrected chi connectivity index (χ4v) is 3.92. The molecule has 0 saturated heterocycles. The van der Waals surface area contributed by atoms with Gasteiger partial charge in [-0.2, -0.15) is 14.8 Å². The number of nitrogens with zero attached hydrogens (tertiary/aromatic N) is 4. The monoisotopic (exact) mass is 432 g/mol. The van der Waals surface area contributed by atoms with Crippen LogP contribution in [0.1, 0.15) is 33.6 Å². The molecule has 0 fully saturated rings. The molecule has 3 N–H and O–H groups in total. The molecule has 2 aromatic carbocycles. The van der Waals surface area contributed by atoms with E-state index in [1.807, 2.05) is 12.1 Å². The number of carbonyl (C=O) groups is 1. The third-order valence-corrected chi connectivity index (χ3v) is 5.45. The lowest BCUT2D eigenvalue weighted by atomic mass is 10.1. The summed E-state index contributed by atoms with van der Waals surface area (Å²) < 4.78 is 20.9. The Labute approximate surface area is 183 Å². The molecule has 162 valence electrons. The average Bonchev–Trinajstić information content (AvgIpc) is 3.08. The molecule has 0 atom stereocenters. The van der Waals surface area contributed by atoms with Gasteiger partial charge in [-0.25, -0.2) is 9.37 Å². The van der Waals surface area contributed by atoms with Gasteiger partial charge in [-0.15, -0.1) is 0 Å². The Kier molecular flexibility index (Phi) is 5.24. The first-order valence-corrected chi connectivity index (χ1v) is 10.3. The zero-order valence-corrected chi connectivity index (χ0v) is 17.2. The van der Waals surface area contributed by atoms with Crippen LogP contribution in [0.5, 0.6) is 0 Å². The number of primary amides is 1. The molecule has 0 saturated carbocycles. The number of anilines is 1. The molecule has 1 aliphatic rings. The van der Waals surface area contributed by atoms with Gasteiger partial charge in [0.2, 0.25) is 5.91 Å². The summed E-state index contributed by atoms with van der Waals surface area (Å²) in [6.07, 6.45) is 3.21. The molecule has 9 heteroatoms. The number of hydrogen-bond acceptors (Lipinski definition) is 6. The van der Waals surface area contributed by atoms with Gasteiger partial charge in [0.05, 0.1) is 29.6 Å². The summed E-state index contributed by atoms with van der Waals surface area (Å²) in [6.45, 7) is 1.42. The van der Waals surface area contributed by atoms with Crippen molar-refractivity contribution in [1.82, 2.24) is 19.7 Å². The molecule has 0 aliphatic carbocycles. The molecule has 5 rings (SSSR count). The second kappa shape index (κ2) is 8.35. The number of ether oxygens (including phenoxy) is 1. The van der Waals surface area contributed by atoms with Crippen molar-refractivity contribution in [1.29, 1.82) is 0 Å². The lowest BCUT2D eigenvalue weighted by Gasteiger charge is -2.15. The zero-order valence-electron chi connectivity index (χ0n) is 17.2. The van der Waals surface area contributed by atoms with E-state index in [4.69, 9.17) is 20.4 Å². The molecule has 3 heterocycles. The number of carbonyl (C=O) groups excluding carboxylic acids is 1. The molecule has 1 amide bonds. The molecule has 1 aliphatic heterocycles. The van der Waals surface area contributed by atoms with Crippen LogP contribution in [0, 0.1) is 5.82 Å². The number of halogens is 1. The van der Waals surface area contributed by atoms with E-state index in [0.717, 1.165) is 29.7 Å². The van der Waals surface area contributed by atoms with Crippen molar-refractivity contribution in [2.45, 2.75) is 26.0 Å². The summed E-state index contributed by atoms with van der Waals surface area (Å²) in [5, 5.41) is 8.38. The van der Waals surface area contributed by atoms with Crippen molar-refractivity contribution in [3.05, 3.63) is 76.9 Å². The van der Waals surface area contributed by atoms with Crippen LogP contribution in [0.3, 0.4) is 0 Å². The molecular weight excluding hydrogens is 411 g/mol. The molecule has 0 radical (unpaired) electrons. The number of nitrogens with one attached hydrogen (secondary N) is 1. The first-order valence-electron chi connectivity index (χ1n) is 10.3. The average molecular weight is 432 g/mol. The van der Waals surface area contributed by atoms with Gasteiger partial charge in [0, 0.05) is 24.1 Å². The number of fused-ring (bicyclic) bond motifs is 2. The van der Waals surface area contributed by atoms with Gasteiger partial charge in [0.25, 0.3) is 5.95 Å². The lowest BCUT2D eigenvalue weighted by molar-refractivity contribution is 0.100. The first-order chi connectivity index (χ1) is 15.6. The van der Waals surface area contributed by atoms with Gasteiger partial charge in [-0.3, -0.25) is 4.79 Å². The Morgan fingerprint density at radius 1 is 1.22 bits per heavy atom. The Morgan fingerprint density at radius 2 is 2.09 bits per heavy atom. The van der Waals surface area contributed by atoms with Crippen LogP contribution in [0.15, 0.2) is 48.7 Å². The maximum absolute atomic E-state index is 13.6. The molecule has 2 aromatic heterocycles. The minimum Gasteiger partial charge on any atom is -0.375 e. The van der Waals surface area contributed by atoms with Crippen LogP contribution in [0.4, 0.5) is 10.2 Å². The highest BCUT2D eigenvalue weighted by Gasteiger charge is 2.20. The standard InChI is InChI=1S/C23H21FN6O2/c24-15-5-1-4-14(10-15)11-26-22-17-7-3-9-32-13-19(17)28-23(29-22)30-20-8-2-6-16(21(25)31)18(20)12-27-30/h1-2,4-6,8,10,12H,3,7,9,11,13H2,(H2,25,31)(H,26,28,29).